The van der Waals surface area contributed by atoms with Gasteiger partial charge in [0.05, 0.1) is 23.4 Å². The van der Waals surface area contributed by atoms with Crippen LogP contribution in [0.3, 0.4) is 0 Å². The third-order valence-corrected chi connectivity index (χ3v) is 6.44. The quantitative estimate of drug-likeness (QED) is 0.723. The molecule has 2 heterocycles. The van der Waals surface area contributed by atoms with Gasteiger partial charge in [0.15, 0.2) is 5.13 Å². The molecule has 144 valence electrons. The lowest BCUT2D eigenvalue weighted by Gasteiger charge is -2.25. The van der Waals surface area contributed by atoms with Crippen molar-refractivity contribution >= 4 is 38.3 Å². The van der Waals surface area contributed by atoms with Gasteiger partial charge < -0.3 is 15.0 Å². The van der Waals surface area contributed by atoms with Crippen molar-refractivity contribution in [2.24, 2.45) is 5.92 Å². The van der Waals surface area contributed by atoms with Gasteiger partial charge in [-0.15, -0.1) is 0 Å². The summed E-state index contributed by atoms with van der Waals surface area (Å²) in [5.41, 5.74) is 2.32. The van der Waals surface area contributed by atoms with Crippen LogP contribution in [0.25, 0.3) is 10.2 Å². The molecule has 1 saturated heterocycles. The van der Waals surface area contributed by atoms with Crippen molar-refractivity contribution in [2.45, 2.75) is 12.3 Å². The number of carbonyl (C=O) groups excluding carboxylic acids is 1. The van der Waals surface area contributed by atoms with Crippen LogP contribution in [0.5, 0.6) is 0 Å². The van der Waals surface area contributed by atoms with Crippen LogP contribution >= 0.6 is 11.3 Å². The number of morpholine rings is 1. The molecule has 3 aromatic rings. The number of rotatable bonds is 4. The molecule has 1 aliphatic heterocycles. The standard InChI is InChI=1S/C21H20FN3O2S/c22-17-4-2-1-3-14(17)15-12-16(15)20(26)23-13-5-6-18-19(11-13)28-21(24-18)25-7-9-27-10-8-25/h1-6,11,15-16H,7-10,12H2,(H,23,26). The van der Waals surface area contributed by atoms with E-state index in [9.17, 15) is 9.18 Å². The largest absolute Gasteiger partial charge is 0.378 e. The zero-order valence-corrected chi connectivity index (χ0v) is 16.0. The fourth-order valence-corrected chi connectivity index (χ4v) is 4.78. The zero-order valence-electron chi connectivity index (χ0n) is 15.2. The summed E-state index contributed by atoms with van der Waals surface area (Å²) in [6, 6.07) is 12.5. The second kappa shape index (κ2) is 7.14. The van der Waals surface area contributed by atoms with Gasteiger partial charge in [0.1, 0.15) is 5.82 Å². The van der Waals surface area contributed by atoms with Crippen LogP contribution in [0.1, 0.15) is 17.9 Å². The van der Waals surface area contributed by atoms with E-state index in [1.807, 2.05) is 24.3 Å². The van der Waals surface area contributed by atoms with E-state index < -0.39 is 0 Å². The maximum absolute atomic E-state index is 13.9. The van der Waals surface area contributed by atoms with Gasteiger partial charge in [-0.1, -0.05) is 29.5 Å². The van der Waals surface area contributed by atoms with Crippen molar-refractivity contribution in [2.75, 3.05) is 36.5 Å². The summed E-state index contributed by atoms with van der Waals surface area (Å²) in [5.74, 6) is -0.478. The SMILES string of the molecule is O=C(Nc1ccc2nc(N3CCOCC3)sc2c1)C1CC1c1ccccc1F. The highest BCUT2D eigenvalue weighted by atomic mass is 32.1. The number of hydrogen-bond donors (Lipinski definition) is 1. The minimum Gasteiger partial charge on any atom is -0.378 e. The number of aromatic nitrogens is 1. The number of anilines is 2. The number of amides is 1. The second-order valence-electron chi connectivity index (χ2n) is 7.24. The molecule has 2 aromatic carbocycles. The summed E-state index contributed by atoms with van der Waals surface area (Å²) in [5, 5.41) is 3.98. The molecule has 0 spiro atoms. The van der Waals surface area contributed by atoms with E-state index in [1.54, 1.807) is 23.5 Å². The highest BCUT2D eigenvalue weighted by molar-refractivity contribution is 7.22. The highest BCUT2D eigenvalue weighted by Gasteiger charge is 2.45. The molecule has 5 nitrogen and oxygen atoms in total. The highest BCUT2D eigenvalue weighted by Crippen LogP contribution is 2.48. The van der Waals surface area contributed by atoms with Gasteiger partial charge in [-0.3, -0.25) is 4.79 Å². The third-order valence-electron chi connectivity index (χ3n) is 5.36. The molecule has 2 aliphatic rings. The van der Waals surface area contributed by atoms with Crippen molar-refractivity contribution in [3.05, 3.63) is 53.8 Å². The fourth-order valence-electron chi connectivity index (χ4n) is 3.72. The monoisotopic (exact) mass is 397 g/mol. The van der Waals surface area contributed by atoms with Gasteiger partial charge in [0, 0.05) is 24.7 Å². The predicted octanol–water partition coefficient (Wildman–Crippen LogP) is 4.01. The lowest BCUT2D eigenvalue weighted by atomic mass is 10.1. The van der Waals surface area contributed by atoms with E-state index in [0.29, 0.717) is 12.0 Å². The van der Waals surface area contributed by atoms with Crippen LogP contribution < -0.4 is 10.2 Å². The van der Waals surface area contributed by atoms with Crippen LogP contribution in [-0.4, -0.2) is 37.2 Å². The van der Waals surface area contributed by atoms with Gasteiger partial charge in [-0.25, -0.2) is 9.37 Å². The van der Waals surface area contributed by atoms with Gasteiger partial charge in [0.25, 0.3) is 0 Å². The summed E-state index contributed by atoms with van der Waals surface area (Å²) in [7, 11) is 0. The number of hydrogen-bond acceptors (Lipinski definition) is 5. The predicted molar refractivity (Wildman–Crippen MR) is 109 cm³/mol. The average Bonchev–Trinajstić information content (AvgIpc) is 3.40. The minimum atomic E-state index is -0.232. The number of nitrogens with one attached hydrogen (secondary N) is 1. The number of ether oxygens (including phenoxy) is 1. The molecule has 2 fully saturated rings. The molecule has 7 heteroatoms. The lowest BCUT2D eigenvalue weighted by Crippen LogP contribution is -2.36. The van der Waals surface area contributed by atoms with Gasteiger partial charge >= 0.3 is 0 Å². The Bertz CT molecular complexity index is 1030. The molecule has 1 aromatic heterocycles. The molecule has 1 aliphatic carbocycles. The summed E-state index contributed by atoms with van der Waals surface area (Å²) in [4.78, 5) is 19.5. The summed E-state index contributed by atoms with van der Waals surface area (Å²) in [6.45, 7) is 3.15. The van der Waals surface area contributed by atoms with E-state index in [4.69, 9.17) is 9.72 Å². The maximum atomic E-state index is 13.9. The molecule has 28 heavy (non-hydrogen) atoms. The molecule has 1 saturated carbocycles. The Morgan fingerprint density at radius 3 is 2.86 bits per heavy atom. The van der Waals surface area contributed by atoms with Crippen molar-refractivity contribution in [3.8, 4) is 0 Å². The average molecular weight is 397 g/mol. The smallest absolute Gasteiger partial charge is 0.228 e. The van der Waals surface area contributed by atoms with E-state index in [-0.39, 0.29) is 23.6 Å². The molecular formula is C21H20FN3O2S. The number of thiazole rings is 1. The Morgan fingerprint density at radius 1 is 1.21 bits per heavy atom. The van der Waals surface area contributed by atoms with Gasteiger partial charge in [0.2, 0.25) is 5.91 Å². The number of halogens is 1. The fraction of sp³-hybridized carbons (Fsp3) is 0.333. The number of carbonyl (C=O) groups is 1. The Balaban J connectivity index is 1.29. The van der Waals surface area contributed by atoms with E-state index in [0.717, 1.165) is 47.3 Å². The van der Waals surface area contributed by atoms with Crippen molar-refractivity contribution in [1.29, 1.82) is 0 Å². The first-order valence-electron chi connectivity index (χ1n) is 9.47. The first-order valence-corrected chi connectivity index (χ1v) is 10.3. The minimum absolute atomic E-state index is 0.0266. The molecule has 0 radical (unpaired) electrons. The van der Waals surface area contributed by atoms with Crippen LogP contribution in [0.2, 0.25) is 0 Å². The molecule has 0 bridgehead atoms. The van der Waals surface area contributed by atoms with Crippen molar-refractivity contribution in [1.82, 2.24) is 4.98 Å². The number of nitrogens with zero attached hydrogens (tertiary/aromatic N) is 2. The first kappa shape index (κ1) is 17.6. The van der Waals surface area contributed by atoms with Crippen LogP contribution in [0.15, 0.2) is 42.5 Å². The molecule has 1 N–H and O–H groups in total. The van der Waals surface area contributed by atoms with Gasteiger partial charge in [-0.2, -0.15) is 0 Å². The van der Waals surface area contributed by atoms with E-state index >= 15 is 0 Å². The van der Waals surface area contributed by atoms with E-state index in [2.05, 4.69) is 10.2 Å². The lowest BCUT2D eigenvalue weighted by molar-refractivity contribution is -0.117. The Hall–Kier alpha value is -2.51. The van der Waals surface area contributed by atoms with Crippen molar-refractivity contribution in [3.63, 3.8) is 0 Å². The Morgan fingerprint density at radius 2 is 2.04 bits per heavy atom. The summed E-state index contributed by atoms with van der Waals surface area (Å²) >= 11 is 1.63. The topological polar surface area (TPSA) is 54.5 Å². The number of benzene rings is 2. The van der Waals surface area contributed by atoms with Gasteiger partial charge in [-0.05, 0) is 42.2 Å². The molecule has 2 unspecified atom stereocenters. The number of fused-ring (bicyclic) bond motifs is 1. The van der Waals surface area contributed by atoms with E-state index in [1.165, 1.54) is 6.07 Å². The van der Waals surface area contributed by atoms with Crippen LogP contribution in [0.4, 0.5) is 15.2 Å². The molecule has 5 rings (SSSR count). The first-order chi connectivity index (χ1) is 13.7. The Kier molecular flexibility index (Phi) is 4.49. The second-order valence-corrected chi connectivity index (χ2v) is 8.25. The summed E-state index contributed by atoms with van der Waals surface area (Å²) < 4.78 is 20.4. The van der Waals surface area contributed by atoms with Crippen molar-refractivity contribution < 1.29 is 13.9 Å². The Labute approximate surface area is 166 Å². The maximum Gasteiger partial charge on any atom is 0.228 e. The molecule has 1 amide bonds. The van der Waals surface area contributed by atoms with Crippen LogP contribution in [0, 0.1) is 11.7 Å². The summed E-state index contributed by atoms with van der Waals surface area (Å²) in [6.07, 6.45) is 0.691. The normalized spacial score (nSPS) is 21.7. The molecular weight excluding hydrogens is 377 g/mol. The third kappa shape index (κ3) is 3.36. The zero-order chi connectivity index (χ0) is 19.1. The van der Waals surface area contributed by atoms with Crippen LogP contribution in [-0.2, 0) is 9.53 Å². The molecule has 2 atom stereocenters.